The highest BCUT2D eigenvalue weighted by Gasteiger charge is 2.42. The Morgan fingerprint density at radius 2 is 1.33 bits per heavy atom. The van der Waals surface area contributed by atoms with Crippen LogP contribution in [0.25, 0.3) is 0 Å². The molecule has 33 heavy (non-hydrogen) atoms. The lowest BCUT2D eigenvalue weighted by molar-refractivity contribution is -0.196. The van der Waals surface area contributed by atoms with Crippen molar-refractivity contribution < 1.29 is 41.1 Å². The van der Waals surface area contributed by atoms with Crippen LogP contribution in [-0.4, -0.2) is 78.4 Å². The normalized spacial score (nSPS) is 15.6. The second-order valence-electron chi connectivity index (χ2n) is 7.01. The van der Waals surface area contributed by atoms with Crippen LogP contribution < -0.4 is 0 Å². The van der Waals surface area contributed by atoms with Gasteiger partial charge in [0.2, 0.25) is 0 Å². The molecule has 0 heterocycles. The molecule has 1 rings (SSSR count). The van der Waals surface area contributed by atoms with Crippen LogP contribution in [0.4, 0.5) is 0 Å². The van der Waals surface area contributed by atoms with Crippen molar-refractivity contribution in [2.75, 3.05) is 39.6 Å². The summed E-state index contributed by atoms with van der Waals surface area (Å²) in [5.41, 5.74) is 0.929. The zero-order valence-corrected chi connectivity index (χ0v) is 21.3. The van der Waals surface area contributed by atoms with Crippen LogP contribution in [0.3, 0.4) is 0 Å². The average molecular weight is 491 g/mol. The van der Waals surface area contributed by atoms with E-state index in [1.54, 1.807) is 46.8 Å². The van der Waals surface area contributed by atoms with E-state index in [1.807, 2.05) is 6.92 Å². The van der Waals surface area contributed by atoms with Crippen molar-refractivity contribution in [2.24, 2.45) is 0 Å². The monoisotopic (exact) mass is 490 g/mol. The Morgan fingerprint density at radius 3 is 1.85 bits per heavy atom. The van der Waals surface area contributed by atoms with Crippen LogP contribution in [0.2, 0.25) is 0 Å². The number of esters is 1. The van der Waals surface area contributed by atoms with Gasteiger partial charge in [-0.1, -0.05) is 17.7 Å². The van der Waals surface area contributed by atoms with Crippen molar-refractivity contribution >= 4 is 16.1 Å². The Balaban J connectivity index is 3.21. The Morgan fingerprint density at radius 1 is 0.788 bits per heavy atom. The van der Waals surface area contributed by atoms with Gasteiger partial charge in [-0.2, -0.15) is 8.42 Å². The molecule has 0 fully saturated rings. The number of carbonyl (C=O) groups is 1. The lowest BCUT2D eigenvalue weighted by Gasteiger charge is -2.35. The molecule has 0 aliphatic heterocycles. The summed E-state index contributed by atoms with van der Waals surface area (Å²) in [7, 11) is -4.03. The van der Waals surface area contributed by atoms with Crippen LogP contribution >= 0.6 is 0 Å². The van der Waals surface area contributed by atoms with E-state index in [-0.39, 0.29) is 44.5 Å². The van der Waals surface area contributed by atoms with Crippen LogP contribution in [0.15, 0.2) is 29.2 Å². The van der Waals surface area contributed by atoms with Gasteiger partial charge in [-0.05, 0) is 53.7 Å². The summed E-state index contributed by atoms with van der Waals surface area (Å²) >= 11 is 0. The molecule has 9 nitrogen and oxygen atoms in total. The third-order valence-electron chi connectivity index (χ3n) is 4.65. The van der Waals surface area contributed by atoms with Gasteiger partial charge in [0.1, 0.15) is 18.3 Å². The molecular formula is C23H38O9S. The lowest BCUT2D eigenvalue weighted by atomic mass is 10.0. The first-order valence-corrected chi connectivity index (χ1v) is 12.7. The van der Waals surface area contributed by atoms with Gasteiger partial charge in [0, 0.05) is 26.4 Å². The van der Waals surface area contributed by atoms with Crippen LogP contribution in [0.5, 0.6) is 0 Å². The number of hydrogen-bond acceptors (Lipinski definition) is 9. The Labute approximate surface area is 197 Å². The zero-order valence-electron chi connectivity index (χ0n) is 20.4. The van der Waals surface area contributed by atoms with Gasteiger partial charge in [-0.15, -0.1) is 0 Å². The highest BCUT2D eigenvalue weighted by atomic mass is 32.2. The van der Waals surface area contributed by atoms with Crippen molar-refractivity contribution in [3.63, 3.8) is 0 Å². The molecule has 0 aliphatic carbocycles. The smallest absolute Gasteiger partial charge is 0.338 e. The fraction of sp³-hybridized carbons (Fsp3) is 0.696. The minimum atomic E-state index is -4.03. The highest BCUT2D eigenvalue weighted by Crippen LogP contribution is 2.22. The summed E-state index contributed by atoms with van der Waals surface area (Å²) < 4.78 is 59.1. The van der Waals surface area contributed by atoms with Crippen molar-refractivity contribution in [3.8, 4) is 0 Å². The van der Waals surface area contributed by atoms with E-state index in [2.05, 4.69) is 0 Å². The second-order valence-corrected chi connectivity index (χ2v) is 8.63. The summed E-state index contributed by atoms with van der Waals surface area (Å²) in [6, 6.07) is 6.34. The minimum Gasteiger partial charge on any atom is -0.464 e. The van der Waals surface area contributed by atoms with Crippen molar-refractivity contribution in [2.45, 2.75) is 70.9 Å². The zero-order chi connectivity index (χ0) is 24.9. The van der Waals surface area contributed by atoms with Crippen molar-refractivity contribution in [3.05, 3.63) is 29.8 Å². The third kappa shape index (κ3) is 9.30. The van der Waals surface area contributed by atoms with Gasteiger partial charge in [0.05, 0.1) is 18.1 Å². The number of ether oxygens (including phenoxy) is 5. The van der Waals surface area contributed by atoms with Gasteiger partial charge < -0.3 is 23.7 Å². The maximum absolute atomic E-state index is 12.7. The first-order valence-electron chi connectivity index (χ1n) is 11.3. The van der Waals surface area contributed by atoms with Crippen LogP contribution in [0.1, 0.15) is 40.2 Å². The largest absolute Gasteiger partial charge is 0.464 e. The molecule has 0 bridgehead atoms. The fourth-order valence-corrected chi connectivity index (χ4v) is 4.15. The second kappa shape index (κ2) is 15.4. The Bertz CT molecular complexity index is 780. The van der Waals surface area contributed by atoms with Crippen molar-refractivity contribution in [1.29, 1.82) is 0 Å². The van der Waals surface area contributed by atoms with E-state index in [1.165, 1.54) is 12.1 Å². The molecule has 1 aromatic rings. The summed E-state index contributed by atoms with van der Waals surface area (Å²) in [5.74, 6) is -0.592. The number of hydrogen-bond donors (Lipinski definition) is 0. The molecule has 0 saturated carbocycles. The first-order chi connectivity index (χ1) is 15.7. The summed E-state index contributed by atoms with van der Waals surface area (Å²) in [5, 5.41) is 0. The summed E-state index contributed by atoms with van der Waals surface area (Å²) in [4.78, 5) is 12.7. The number of benzene rings is 1. The van der Waals surface area contributed by atoms with E-state index in [0.29, 0.717) is 0 Å². The lowest BCUT2D eigenvalue weighted by Crippen LogP contribution is -2.54. The standard InChI is InChI=1S/C23H38O9S/c1-7-27-19(16-32-33(25,26)18-14-12-17(6)13-15-18)20(28-8-2)21(29-9-3)22(30-10-4)23(24)31-11-5/h12-15,19-22H,7-11,16H2,1-6H3/t19-,20-,21+,22-/m1/s1. The van der Waals surface area contributed by atoms with E-state index < -0.39 is 40.5 Å². The molecule has 0 spiro atoms. The van der Waals surface area contributed by atoms with Gasteiger partial charge in [-0.3, -0.25) is 4.18 Å². The quantitative estimate of drug-likeness (QED) is 0.241. The van der Waals surface area contributed by atoms with Gasteiger partial charge in [0.25, 0.3) is 10.1 Å². The predicted molar refractivity (Wildman–Crippen MR) is 123 cm³/mol. The topological polar surface area (TPSA) is 107 Å². The van der Waals surface area contributed by atoms with E-state index >= 15 is 0 Å². The number of aryl methyl sites for hydroxylation is 1. The molecule has 190 valence electrons. The first kappa shape index (κ1) is 29.5. The number of rotatable bonds is 17. The summed E-state index contributed by atoms with van der Waals surface area (Å²) in [6.45, 7) is 11.5. The average Bonchev–Trinajstić information content (AvgIpc) is 2.78. The van der Waals surface area contributed by atoms with Crippen LogP contribution in [0, 0.1) is 6.92 Å². The van der Waals surface area contributed by atoms with Crippen molar-refractivity contribution in [1.82, 2.24) is 0 Å². The van der Waals surface area contributed by atoms with E-state index in [4.69, 9.17) is 27.9 Å². The maximum atomic E-state index is 12.7. The number of carbonyl (C=O) groups excluding carboxylic acids is 1. The molecular weight excluding hydrogens is 452 g/mol. The summed E-state index contributed by atoms with van der Waals surface area (Å²) in [6.07, 6.45) is -3.70. The molecule has 0 unspecified atom stereocenters. The molecule has 0 radical (unpaired) electrons. The minimum absolute atomic E-state index is 0.0383. The molecule has 0 saturated heterocycles. The highest BCUT2D eigenvalue weighted by molar-refractivity contribution is 7.86. The van der Waals surface area contributed by atoms with Crippen LogP contribution in [-0.2, 0) is 42.8 Å². The molecule has 0 aliphatic rings. The third-order valence-corrected chi connectivity index (χ3v) is 5.95. The van der Waals surface area contributed by atoms with Gasteiger partial charge in [-0.25, -0.2) is 4.79 Å². The molecule has 4 atom stereocenters. The van der Waals surface area contributed by atoms with Gasteiger partial charge in [0.15, 0.2) is 6.10 Å². The predicted octanol–water partition coefficient (Wildman–Crippen LogP) is 2.88. The van der Waals surface area contributed by atoms with E-state index in [0.717, 1.165) is 5.56 Å². The molecule has 1 aromatic carbocycles. The molecule has 0 N–H and O–H groups in total. The Kier molecular flexibility index (Phi) is 13.7. The van der Waals surface area contributed by atoms with E-state index in [9.17, 15) is 13.2 Å². The fourth-order valence-electron chi connectivity index (χ4n) is 3.24. The molecule has 0 amide bonds. The molecule has 10 heteroatoms. The maximum Gasteiger partial charge on any atom is 0.338 e. The Hall–Kier alpha value is -1.56. The SMILES string of the molecule is CCOC(=O)[C@H](OCC)[C@@H](OCC)[C@H](OCC)[C@@H](COS(=O)(=O)c1ccc(C)cc1)OCC. The van der Waals surface area contributed by atoms with Gasteiger partial charge >= 0.3 is 5.97 Å². The molecule has 0 aromatic heterocycles.